The highest BCUT2D eigenvalue weighted by atomic mass is 16.2. The minimum atomic E-state index is -0.342. The summed E-state index contributed by atoms with van der Waals surface area (Å²) in [5.74, 6) is 2.45. The third-order valence-electron chi connectivity index (χ3n) is 9.16. The van der Waals surface area contributed by atoms with Gasteiger partial charge in [0.15, 0.2) is 0 Å². The monoisotopic (exact) mass is 484 g/mol. The van der Waals surface area contributed by atoms with Crippen molar-refractivity contribution in [1.29, 1.82) is 0 Å². The van der Waals surface area contributed by atoms with Crippen molar-refractivity contribution in [3.8, 4) is 0 Å². The van der Waals surface area contributed by atoms with Crippen molar-refractivity contribution in [3.05, 3.63) is 82.2 Å². The second-order valence-electron chi connectivity index (χ2n) is 11.6. The lowest BCUT2D eigenvalue weighted by Crippen LogP contribution is -2.63. The number of piperazine rings is 1. The van der Waals surface area contributed by atoms with Crippen molar-refractivity contribution in [3.63, 3.8) is 0 Å². The number of azide groups is 1. The van der Waals surface area contributed by atoms with E-state index in [-0.39, 0.29) is 23.7 Å². The molecule has 5 aliphatic rings. The number of benzene rings is 2. The summed E-state index contributed by atoms with van der Waals surface area (Å²) in [6, 6.07) is 20.0. The molecule has 4 bridgehead atoms. The lowest BCUT2D eigenvalue weighted by Gasteiger charge is -2.57. The quantitative estimate of drug-likeness (QED) is 0.306. The van der Waals surface area contributed by atoms with Crippen LogP contribution in [0.3, 0.4) is 0 Å². The molecule has 0 radical (unpaired) electrons. The molecular formula is C29H36N6O. The van der Waals surface area contributed by atoms with E-state index in [1.165, 1.54) is 38.5 Å². The Morgan fingerprint density at radius 3 is 1.92 bits per heavy atom. The van der Waals surface area contributed by atoms with Gasteiger partial charge in [0.25, 0.3) is 0 Å². The van der Waals surface area contributed by atoms with E-state index >= 15 is 0 Å². The summed E-state index contributed by atoms with van der Waals surface area (Å²) in [5.41, 5.74) is 11.6. The number of amides is 2. The van der Waals surface area contributed by atoms with Crippen LogP contribution in [0.25, 0.3) is 10.4 Å². The van der Waals surface area contributed by atoms with Gasteiger partial charge in [0.1, 0.15) is 0 Å². The molecule has 7 rings (SSSR count). The number of rotatable bonds is 6. The van der Waals surface area contributed by atoms with Crippen LogP contribution in [0, 0.1) is 17.8 Å². The van der Waals surface area contributed by atoms with Crippen LogP contribution in [0.15, 0.2) is 65.8 Å². The van der Waals surface area contributed by atoms with Crippen LogP contribution >= 0.6 is 0 Å². The molecule has 188 valence electrons. The van der Waals surface area contributed by atoms with Crippen molar-refractivity contribution in [2.24, 2.45) is 22.9 Å². The largest absolute Gasteiger partial charge is 0.333 e. The van der Waals surface area contributed by atoms with E-state index in [1.54, 1.807) is 0 Å². The second kappa shape index (κ2) is 9.79. The third-order valence-corrected chi connectivity index (χ3v) is 9.16. The van der Waals surface area contributed by atoms with Crippen LogP contribution in [0.1, 0.15) is 61.7 Å². The summed E-state index contributed by atoms with van der Waals surface area (Å²) in [6.07, 6.45) is 7.65. The summed E-state index contributed by atoms with van der Waals surface area (Å²) in [4.78, 5) is 21.0. The molecule has 2 atom stereocenters. The molecule has 5 fully saturated rings. The highest BCUT2D eigenvalue weighted by molar-refractivity contribution is 5.75. The summed E-state index contributed by atoms with van der Waals surface area (Å²) < 4.78 is 0. The molecule has 2 aromatic carbocycles. The zero-order chi connectivity index (χ0) is 24.5. The molecule has 36 heavy (non-hydrogen) atoms. The van der Waals surface area contributed by atoms with Crippen LogP contribution in [0.5, 0.6) is 0 Å². The van der Waals surface area contributed by atoms with E-state index < -0.39 is 0 Å². The smallest absolute Gasteiger partial charge is 0.317 e. The van der Waals surface area contributed by atoms with Gasteiger partial charge in [-0.05, 0) is 72.9 Å². The van der Waals surface area contributed by atoms with Gasteiger partial charge >= 0.3 is 6.03 Å². The van der Waals surface area contributed by atoms with Gasteiger partial charge in [0, 0.05) is 42.7 Å². The Hall–Kier alpha value is -3.02. The minimum absolute atomic E-state index is 0.0372. The number of hydrogen-bond acceptors (Lipinski definition) is 3. The predicted molar refractivity (Wildman–Crippen MR) is 140 cm³/mol. The van der Waals surface area contributed by atoms with E-state index in [0.717, 1.165) is 42.0 Å². The van der Waals surface area contributed by atoms with Gasteiger partial charge in [-0.15, -0.1) is 0 Å². The number of nitrogens with zero attached hydrogens (tertiary/aromatic N) is 5. The van der Waals surface area contributed by atoms with Crippen molar-refractivity contribution < 1.29 is 4.79 Å². The van der Waals surface area contributed by atoms with Gasteiger partial charge < -0.3 is 10.2 Å². The number of carbonyl (C=O) groups excluding carboxylic acids is 1. The van der Waals surface area contributed by atoms with Crippen LogP contribution in [0.2, 0.25) is 0 Å². The number of nitrogens with one attached hydrogen (secondary N) is 1. The molecule has 7 heteroatoms. The molecule has 2 amide bonds. The number of urea groups is 1. The molecular weight excluding hydrogens is 448 g/mol. The first-order valence-corrected chi connectivity index (χ1v) is 13.6. The fraction of sp³-hybridized carbons (Fsp3) is 0.552. The Labute approximate surface area is 213 Å². The maximum Gasteiger partial charge on any atom is 0.317 e. The minimum Gasteiger partial charge on any atom is -0.333 e. The van der Waals surface area contributed by atoms with Crippen molar-refractivity contribution in [2.45, 2.75) is 56.1 Å². The van der Waals surface area contributed by atoms with Crippen molar-refractivity contribution in [2.75, 3.05) is 26.2 Å². The van der Waals surface area contributed by atoms with Gasteiger partial charge in [-0.3, -0.25) is 4.90 Å². The van der Waals surface area contributed by atoms with E-state index in [0.29, 0.717) is 13.1 Å². The van der Waals surface area contributed by atoms with Crippen LogP contribution < -0.4 is 5.32 Å². The fourth-order valence-electron chi connectivity index (χ4n) is 8.03. The first kappa shape index (κ1) is 23.4. The van der Waals surface area contributed by atoms with Gasteiger partial charge in [-0.1, -0.05) is 65.8 Å². The zero-order valence-electron chi connectivity index (χ0n) is 20.9. The summed E-state index contributed by atoms with van der Waals surface area (Å²) in [7, 11) is 0. The molecule has 0 unspecified atom stereocenters. The summed E-state index contributed by atoms with van der Waals surface area (Å²) in [6.45, 7) is 2.86. The van der Waals surface area contributed by atoms with E-state index in [4.69, 9.17) is 0 Å². The summed E-state index contributed by atoms with van der Waals surface area (Å²) in [5, 5.41) is 7.81. The predicted octanol–water partition coefficient (Wildman–Crippen LogP) is 6.08. The Kier molecular flexibility index (Phi) is 6.36. The average molecular weight is 485 g/mol. The molecule has 1 aliphatic heterocycles. The summed E-state index contributed by atoms with van der Waals surface area (Å²) >= 11 is 0. The molecule has 1 N–H and O–H groups in total. The van der Waals surface area contributed by atoms with E-state index in [9.17, 15) is 10.3 Å². The van der Waals surface area contributed by atoms with Crippen LogP contribution in [-0.4, -0.2) is 47.5 Å². The Morgan fingerprint density at radius 2 is 1.39 bits per heavy atom. The molecule has 7 nitrogen and oxygen atoms in total. The standard InChI is InChI=1S/C29H36N6O/c30-33-32-26(24-7-3-1-4-8-24)27(25-9-5-2-6-10-25)34-11-13-35(14-12-34)28(36)31-29-18-21-15-22(19-29)17-23(16-21)20-29/h1-10,21-23,26-27H,11-20H2,(H,31,36)/t21?,22?,23?,26-,27+,29?/m0/s1. The van der Waals surface area contributed by atoms with Crippen molar-refractivity contribution >= 4 is 6.03 Å². The number of hydrogen-bond donors (Lipinski definition) is 1. The second-order valence-corrected chi connectivity index (χ2v) is 11.6. The Bertz CT molecular complexity index is 1070. The Morgan fingerprint density at radius 1 is 0.861 bits per heavy atom. The van der Waals surface area contributed by atoms with Crippen LogP contribution in [-0.2, 0) is 0 Å². The molecule has 4 saturated carbocycles. The van der Waals surface area contributed by atoms with E-state index in [1.807, 2.05) is 53.4 Å². The van der Waals surface area contributed by atoms with Gasteiger partial charge in [0.2, 0.25) is 0 Å². The maximum atomic E-state index is 13.4. The molecule has 0 spiro atoms. The maximum absolute atomic E-state index is 13.4. The first-order valence-electron chi connectivity index (χ1n) is 13.6. The lowest BCUT2D eigenvalue weighted by atomic mass is 9.53. The molecule has 0 aromatic heterocycles. The van der Waals surface area contributed by atoms with Gasteiger partial charge in [-0.2, -0.15) is 0 Å². The third kappa shape index (κ3) is 4.58. The van der Waals surface area contributed by atoms with E-state index in [2.05, 4.69) is 32.4 Å². The highest BCUT2D eigenvalue weighted by Crippen LogP contribution is 2.55. The van der Waals surface area contributed by atoms with Crippen molar-refractivity contribution in [1.82, 2.24) is 15.1 Å². The number of carbonyl (C=O) groups is 1. The SMILES string of the molecule is [N-]=[N+]=N[C@@H](c1ccccc1)[C@@H](c1ccccc1)N1CCN(C(=O)NC23CC4CC(CC(C4)C2)C3)CC1. The molecule has 2 aromatic rings. The first-order chi connectivity index (χ1) is 17.6. The molecule has 4 aliphatic carbocycles. The lowest BCUT2D eigenvalue weighted by molar-refractivity contribution is -0.0168. The average Bonchev–Trinajstić information content (AvgIpc) is 2.89. The Balaban J connectivity index is 1.17. The molecule has 1 saturated heterocycles. The topological polar surface area (TPSA) is 84.3 Å². The van der Waals surface area contributed by atoms with Gasteiger partial charge in [-0.25, -0.2) is 4.79 Å². The molecule has 1 heterocycles. The van der Waals surface area contributed by atoms with Crippen LogP contribution in [0.4, 0.5) is 4.79 Å². The normalized spacial score (nSPS) is 30.9. The van der Waals surface area contributed by atoms with Gasteiger partial charge in [0.05, 0.1) is 6.04 Å². The highest BCUT2D eigenvalue weighted by Gasteiger charge is 2.52. The zero-order valence-corrected chi connectivity index (χ0v) is 20.9. The fourth-order valence-corrected chi connectivity index (χ4v) is 8.03.